The summed E-state index contributed by atoms with van der Waals surface area (Å²) < 4.78 is 68.6. The molecule has 102 heavy (non-hydrogen) atoms. The molecule has 0 bridgehead atoms. The molecule has 588 valence electrons. The van der Waals surface area contributed by atoms with E-state index in [1.807, 2.05) is 0 Å². The van der Waals surface area contributed by atoms with Crippen molar-refractivity contribution in [1.29, 1.82) is 0 Å². The van der Waals surface area contributed by atoms with Crippen LogP contribution in [0.25, 0.3) is 0 Å². The van der Waals surface area contributed by atoms with Gasteiger partial charge < -0.3 is 33.8 Å². The first-order valence-corrected chi connectivity index (χ1v) is 43.1. The van der Waals surface area contributed by atoms with Crippen molar-refractivity contribution in [3.8, 4) is 0 Å². The van der Waals surface area contributed by atoms with E-state index in [1.165, 1.54) is 64.2 Å². The van der Waals surface area contributed by atoms with E-state index in [-0.39, 0.29) is 25.7 Å². The third-order valence-corrected chi connectivity index (χ3v) is 18.6. The van der Waals surface area contributed by atoms with Crippen LogP contribution in [-0.2, 0) is 65.4 Å². The largest absolute Gasteiger partial charge is 0.472 e. The average Bonchev–Trinajstić information content (AvgIpc) is 0.908. The smallest absolute Gasteiger partial charge is 0.462 e. The summed E-state index contributed by atoms with van der Waals surface area (Å²) in [7, 11) is -9.97. The number of carbonyl (C=O) groups is 4. The van der Waals surface area contributed by atoms with E-state index in [4.69, 9.17) is 37.0 Å². The SMILES string of the molecule is CC/C=C\C/C=C\C/C=C\C/C=C\CCCCCCCCC(=O)OCC(COP(=O)(O)OCC(O)COP(=O)(O)OCC(COC(=O)CCCCCCC/C=C\C/C=C\CCCCC)OC(=O)CCCCCCC/C=C\C/C=C\CCCCC)OC(=O)CCCCCCC/C=C\CCCCCC. The Kier molecular flexibility index (Phi) is 71.8. The lowest BCUT2D eigenvalue weighted by molar-refractivity contribution is -0.161. The molecule has 0 saturated heterocycles. The number of phosphoric ester groups is 2. The number of aliphatic hydroxyl groups is 1. The van der Waals surface area contributed by atoms with E-state index in [1.54, 1.807) is 0 Å². The minimum atomic E-state index is -4.98. The Balaban J connectivity index is 5.37. The Morgan fingerprint density at radius 1 is 0.284 bits per heavy atom. The van der Waals surface area contributed by atoms with Crippen molar-refractivity contribution >= 4 is 39.5 Å². The van der Waals surface area contributed by atoms with E-state index in [9.17, 15) is 43.2 Å². The van der Waals surface area contributed by atoms with Crippen molar-refractivity contribution in [3.05, 3.63) is 109 Å². The highest BCUT2D eigenvalue weighted by atomic mass is 31.2. The average molecular weight is 1480 g/mol. The molecule has 0 radical (unpaired) electrons. The summed E-state index contributed by atoms with van der Waals surface area (Å²) in [5.74, 6) is -2.22. The molecule has 0 aromatic carbocycles. The van der Waals surface area contributed by atoms with Gasteiger partial charge in [0.05, 0.1) is 26.4 Å². The lowest BCUT2D eigenvalue weighted by Crippen LogP contribution is -2.30. The first-order chi connectivity index (χ1) is 49.7. The molecular formula is C83H144O17P2. The van der Waals surface area contributed by atoms with E-state index < -0.39 is 97.5 Å². The van der Waals surface area contributed by atoms with Crippen LogP contribution < -0.4 is 0 Å². The molecule has 5 unspecified atom stereocenters. The van der Waals surface area contributed by atoms with Gasteiger partial charge in [0, 0.05) is 25.7 Å². The predicted molar refractivity (Wildman–Crippen MR) is 418 cm³/mol. The van der Waals surface area contributed by atoms with E-state index in [2.05, 4.69) is 137 Å². The van der Waals surface area contributed by atoms with Crippen molar-refractivity contribution in [1.82, 2.24) is 0 Å². The van der Waals surface area contributed by atoms with E-state index in [0.29, 0.717) is 25.7 Å². The van der Waals surface area contributed by atoms with Crippen molar-refractivity contribution in [2.75, 3.05) is 39.6 Å². The van der Waals surface area contributed by atoms with Crippen LogP contribution in [0.4, 0.5) is 0 Å². The molecule has 0 aliphatic rings. The maximum absolute atomic E-state index is 13.1. The van der Waals surface area contributed by atoms with Crippen LogP contribution >= 0.6 is 15.6 Å². The number of unbranched alkanes of at least 4 members (excludes halogenated alkanes) is 31. The third-order valence-electron chi connectivity index (χ3n) is 16.7. The zero-order valence-corrected chi connectivity index (χ0v) is 66.0. The first-order valence-electron chi connectivity index (χ1n) is 40.1. The minimum Gasteiger partial charge on any atom is -0.462 e. The zero-order valence-electron chi connectivity index (χ0n) is 64.3. The number of allylic oxidation sites excluding steroid dienone is 18. The monoisotopic (exact) mass is 1470 g/mol. The van der Waals surface area contributed by atoms with Crippen LogP contribution in [-0.4, -0.2) is 96.7 Å². The van der Waals surface area contributed by atoms with Crippen molar-refractivity contribution in [3.63, 3.8) is 0 Å². The number of phosphoric acid groups is 2. The van der Waals surface area contributed by atoms with Gasteiger partial charge in [-0.05, 0) is 154 Å². The summed E-state index contributed by atoms with van der Waals surface area (Å²) in [5.41, 5.74) is 0. The van der Waals surface area contributed by atoms with Crippen molar-refractivity contribution < 1.29 is 80.2 Å². The Labute approximate surface area is 619 Å². The second kappa shape index (κ2) is 75.0. The fourth-order valence-corrected chi connectivity index (χ4v) is 12.1. The Bertz CT molecular complexity index is 2360. The maximum Gasteiger partial charge on any atom is 0.472 e. The molecule has 0 aromatic rings. The van der Waals surface area contributed by atoms with Gasteiger partial charge in [-0.3, -0.25) is 37.3 Å². The van der Waals surface area contributed by atoms with Gasteiger partial charge in [-0.15, -0.1) is 0 Å². The summed E-state index contributed by atoms with van der Waals surface area (Å²) in [4.78, 5) is 73.0. The molecule has 0 aliphatic carbocycles. The highest BCUT2D eigenvalue weighted by molar-refractivity contribution is 7.47. The van der Waals surface area contributed by atoms with Crippen molar-refractivity contribution in [2.24, 2.45) is 0 Å². The second-order valence-corrected chi connectivity index (χ2v) is 29.5. The van der Waals surface area contributed by atoms with Gasteiger partial charge >= 0.3 is 39.5 Å². The molecule has 19 heteroatoms. The fourth-order valence-electron chi connectivity index (χ4n) is 10.6. The number of carbonyl (C=O) groups excluding carboxylic acids is 4. The van der Waals surface area contributed by atoms with Gasteiger partial charge in [0.1, 0.15) is 19.3 Å². The topological polar surface area (TPSA) is 237 Å². The highest BCUT2D eigenvalue weighted by Crippen LogP contribution is 2.45. The maximum atomic E-state index is 13.1. The Morgan fingerprint density at radius 2 is 0.510 bits per heavy atom. The predicted octanol–water partition coefficient (Wildman–Crippen LogP) is 23.3. The lowest BCUT2D eigenvalue weighted by Gasteiger charge is -2.21. The van der Waals surface area contributed by atoms with Gasteiger partial charge in [-0.2, -0.15) is 0 Å². The molecular weight excluding hydrogens is 1330 g/mol. The number of hydrogen-bond donors (Lipinski definition) is 3. The molecule has 0 saturated carbocycles. The summed E-state index contributed by atoms with van der Waals surface area (Å²) in [6.07, 6.45) is 80.6. The van der Waals surface area contributed by atoms with Crippen LogP contribution in [0.15, 0.2) is 109 Å². The van der Waals surface area contributed by atoms with Gasteiger partial charge in [-0.25, -0.2) is 9.13 Å². The quantitative estimate of drug-likeness (QED) is 0.0169. The lowest BCUT2D eigenvalue weighted by atomic mass is 10.1. The number of ether oxygens (including phenoxy) is 4. The molecule has 0 heterocycles. The van der Waals surface area contributed by atoms with Crippen LogP contribution in [0.2, 0.25) is 0 Å². The Morgan fingerprint density at radius 3 is 0.814 bits per heavy atom. The van der Waals surface area contributed by atoms with Crippen LogP contribution in [0, 0.1) is 0 Å². The molecule has 17 nitrogen and oxygen atoms in total. The summed E-state index contributed by atoms with van der Waals surface area (Å²) in [5, 5.41) is 10.6. The third kappa shape index (κ3) is 74.0. The Hall–Kier alpha value is -4.28. The van der Waals surface area contributed by atoms with Crippen LogP contribution in [0.5, 0.6) is 0 Å². The molecule has 0 aromatic heterocycles. The normalized spacial score (nSPS) is 14.5. The molecule has 0 spiro atoms. The van der Waals surface area contributed by atoms with Crippen molar-refractivity contribution in [2.45, 2.75) is 354 Å². The molecule has 0 rings (SSSR count). The van der Waals surface area contributed by atoms with Gasteiger partial charge in [0.2, 0.25) is 0 Å². The standard InChI is InChI=1S/C83H144O17P2/c1-5-9-13-17-21-25-29-33-36-37-38-39-42-45-48-52-56-60-64-68-81(86)94-73-78(99-82(87)69-65-61-57-53-49-43-32-28-24-20-16-12-8-4)75-97-101(89,90)95-71-77(84)72-96-102(91,92)98-76-79(100-83(88)70-66-62-58-54-50-46-41-35-31-27-23-19-15-11-7-3)74-93-80(85)67-63-59-55-51-47-44-40-34-30-26-22-18-14-10-6-2/h9,13,21-23,25-28,32-36,38-41,77-79,84H,5-8,10-12,14-20,24,29-31,37,42-76H2,1-4H3,(H,89,90)(H,91,92)/b13-9-,25-21-,26-22-,27-23-,32-28-,36-33-,39-38-,40-34-,41-35-. The molecule has 0 fully saturated rings. The highest BCUT2D eigenvalue weighted by Gasteiger charge is 2.30. The van der Waals surface area contributed by atoms with Crippen LogP contribution in [0.1, 0.15) is 336 Å². The van der Waals surface area contributed by atoms with E-state index >= 15 is 0 Å². The summed E-state index contributed by atoms with van der Waals surface area (Å²) >= 11 is 0. The second-order valence-electron chi connectivity index (χ2n) is 26.6. The minimum absolute atomic E-state index is 0.0754. The van der Waals surface area contributed by atoms with Gasteiger partial charge in [-0.1, -0.05) is 265 Å². The number of aliphatic hydroxyl groups excluding tert-OH is 1. The summed E-state index contributed by atoms with van der Waals surface area (Å²) in [6, 6.07) is 0. The number of hydrogen-bond acceptors (Lipinski definition) is 15. The number of esters is 4. The zero-order chi connectivity index (χ0) is 74.6. The van der Waals surface area contributed by atoms with Gasteiger partial charge in [0.15, 0.2) is 12.2 Å². The molecule has 5 atom stereocenters. The molecule has 0 amide bonds. The molecule has 3 N–H and O–H groups in total. The van der Waals surface area contributed by atoms with Crippen LogP contribution in [0.3, 0.4) is 0 Å². The summed E-state index contributed by atoms with van der Waals surface area (Å²) in [6.45, 7) is 4.67. The first kappa shape index (κ1) is 97.7. The number of rotatable bonds is 75. The van der Waals surface area contributed by atoms with Gasteiger partial charge in [0.25, 0.3) is 0 Å². The van der Waals surface area contributed by atoms with E-state index in [0.717, 1.165) is 193 Å². The fraction of sp³-hybridized carbons (Fsp3) is 0.735. The molecule has 0 aliphatic heterocycles.